The summed E-state index contributed by atoms with van der Waals surface area (Å²) < 4.78 is 0. The van der Waals surface area contributed by atoms with Crippen molar-refractivity contribution in [1.29, 1.82) is 0 Å². The van der Waals surface area contributed by atoms with Gasteiger partial charge < -0.3 is 20.6 Å². The standard InChI is InChI=1S/C14H17N3O4/c1-8(14(20)21)15-13(19)9-3-4-11-10(7-9)16-12(18)5-6-17(11)2/h3-4,7-8H,5-6H2,1-2H3,(H,15,19)(H,16,18)(H,20,21). The zero-order valence-electron chi connectivity index (χ0n) is 11.8. The molecule has 0 bridgehead atoms. The van der Waals surface area contributed by atoms with E-state index in [-0.39, 0.29) is 5.91 Å². The maximum absolute atomic E-state index is 12.0. The summed E-state index contributed by atoms with van der Waals surface area (Å²) in [5, 5.41) is 13.9. The second-order valence-electron chi connectivity index (χ2n) is 4.99. The van der Waals surface area contributed by atoms with E-state index in [2.05, 4.69) is 10.6 Å². The third-order valence-corrected chi connectivity index (χ3v) is 3.34. The Labute approximate surface area is 121 Å². The number of amides is 2. The van der Waals surface area contributed by atoms with Crippen LogP contribution in [0.1, 0.15) is 23.7 Å². The van der Waals surface area contributed by atoms with Crippen LogP contribution in [0.15, 0.2) is 18.2 Å². The predicted molar refractivity (Wildman–Crippen MR) is 77.5 cm³/mol. The van der Waals surface area contributed by atoms with Crippen molar-refractivity contribution in [1.82, 2.24) is 5.32 Å². The summed E-state index contributed by atoms with van der Waals surface area (Å²) in [6.07, 6.45) is 0.378. The van der Waals surface area contributed by atoms with Crippen LogP contribution in [-0.2, 0) is 9.59 Å². The fraction of sp³-hybridized carbons (Fsp3) is 0.357. The van der Waals surface area contributed by atoms with Crippen molar-refractivity contribution in [2.75, 3.05) is 23.8 Å². The van der Waals surface area contributed by atoms with Crippen molar-refractivity contribution >= 4 is 29.2 Å². The van der Waals surface area contributed by atoms with E-state index in [0.717, 1.165) is 5.69 Å². The average molecular weight is 291 g/mol. The van der Waals surface area contributed by atoms with Crippen LogP contribution >= 0.6 is 0 Å². The number of rotatable bonds is 3. The summed E-state index contributed by atoms with van der Waals surface area (Å²) in [6, 6.07) is 3.92. The van der Waals surface area contributed by atoms with E-state index in [9.17, 15) is 14.4 Å². The molecule has 0 aliphatic carbocycles. The molecule has 0 aromatic heterocycles. The lowest BCUT2D eigenvalue weighted by Gasteiger charge is -2.19. The molecule has 0 fully saturated rings. The lowest BCUT2D eigenvalue weighted by Crippen LogP contribution is -2.38. The second-order valence-corrected chi connectivity index (χ2v) is 4.99. The average Bonchev–Trinajstić information content (AvgIpc) is 2.57. The number of anilines is 2. The molecule has 7 nitrogen and oxygen atoms in total. The van der Waals surface area contributed by atoms with Crippen LogP contribution in [0.4, 0.5) is 11.4 Å². The van der Waals surface area contributed by atoms with Crippen molar-refractivity contribution < 1.29 is 19.5 Å². The van der Waals surface area contributed by atoms with Gasteiger partial charge in [-0.05, 0) is 25.1 Å². The molecule has 1 unspecified atom stereocenters. The number of carboxylic acid groups (broad SMARTS) is 1. The van der Waals surface area contributed by atoms with Gasteiger partial charge in [0.05, 0.1) is 11.4 Å². The van der Waals surface area contributed by atoms with Gasteiger partial charge in [0.2, 0.25) is 5.91 Å². The Morgan fingerprint density at radius 1 is 1.43 bits per heavy atom. The molecule has 0 spiro atoms. The van der Waals surface area contributed by atoms with Crippen LogP contribution < -0.4 is 15.5 Å². The van der Waals surface area contributed by atoms with Crippen LogP contribution in [-0.4, -0.2) is 42.5 Å². The lowest BCUT2D eigenvalue weighted by atomic mass is 10.1. The Bertz CT molecular complexity index is 600. The number of nitrogens with zero attached hydrogens (tertiary/aromatic N) is 1. The van der Waals surface area contributed by atoms with Gasteiger partial charge in [0, 0.05) is 25.6 Å². The molecule has 2 amide bonds. The summed E-state index contributed by atoms with van der Waals surface area (Å²) in [5.74, 6) is -1.71. The SMILES string of the molecule is CC(NC(=O)c1ccc2c(c1)NC(=O)CCN2C)C(=O)O. The normalized spacial score (nSPS) is 15.5. The number of hydrogen-bond acceptors (Lipinski definition) is 4. The zero-order valence-corrected chi connectivity index (χ0v) is 11.8. The van der Waals surface area contributed by atoms with E-state index in [4.69, 9.17) is 5.11 Å². The van der Waals surface area contributed by atoms with Gasteiger partial charge in [-0.1, -0.05) is 0 Å². The van der Waals surface area contributed by atoms with Crippen LogP contribution in [0.3, 0.4) is 0 Å². The molecular weight excluding hydrogens is 274 g/mol. The first kappa shape index (κ1) is 14.8. The van der Waals surface area contributed by atoms with E-state index in [1.165, 1.54) is 6.92 Å². The Morgan fingerprint density at radius 3 is 2.81 bits per heavy atom. The zero-order chi connectivity index (χ0) is 15.6. The van der Waals surface area contributed by atoms with Gasteiger partial charge in [0.25, 0.3) is 5.91 Å². The highest BCUT2D eigenvalue weighted by atomic mass is 16.4. The first-order chi connectivity index (χ1) is 9.88. The van der Waals surface area contributed by atoms with Crippen LogP contribution in [0.5, 0.6) is 0 Å². The highest BCUT2D eigenvalue weighted by Crippen LogP contribution is 2.28. The number of aliphatic carboxylic acids is 1. The topological polar surface area (TPSA) is 98.7 Å². The molecule has 1 atom stereocenters. The van der Waals surface area contributed by atoms with Gasteiger partial charge in [-0.25, -0.2) is 0 Å². The van der Waals surface area contributed by atoms with Crippen LogP contribution in [0.25, 0.3) is 0 Å². The molecule has 1 aliphatic heterocycles. The summed E-state index contributed by atoms with van der Waals surface area (Å²) in [5.41, 5.74) is 1.68. The van der Waals surface area contributed by atoms with Gasteiger partial charge >= 0.3 is 5.97 Å². The summed E-state index contributed by atoms with van der Waals surface area (Å²) >= 11 is 0. The smallest absolute Gasteiger partial charge is 0.325 e. The molecule has 0 saturated carbocycles. The van der Waals surface area contributed by atoms with Crippen LogP contribution in [0.2, 0.25) is 0 Å². The molecular formula is C14H17N3O4. The minimum Gasteiger partial charge on any atom is -0.480 e. The van der Waals surface area contributed by atoms with Gasteiger partial charge in [0.15, 0.2) is 0 Å². The molecule has 112 valence electrons. The Hall–Kier alpha value is -2.57. The number of benzene rings is 1. The highest BCUT2D eigenvalue weighted by molar-refractivity contribution is 6.01. The molecule has 7 heteroatoms. The summed E-state index contributed by atoms with van der Waals surface area (Å²) in [7, 11) is 1.87. The predicted octanol–water partition coefficient (Wildman–Crippen LogP) is 0.668. The van der Waals surface area contributed by atoms with E-state index in [1.54, 1.807) is 18.2 Å². The van der Waals surface area contributed by atoms with Crippen molar-refractivity contribution in [2.24, 2.45) is 0 Å². The molecule has 1 aromatic carbocycles. The summed E-state index contributed by atoms with van der Waals surface area (Å²) in [4.78, 5) is 36.3. The first-order valence-corrected chi connectivity index (χ1v) is 6.57. The van der Waals surface area contributed by atoms with E-state index >= 15 is 0 Å². The number of nitrogens with one attached hydrogen (secondary N) is 2. The first-order valence-electron chi connectivity index (χ1n) is 6.57. The fourth-order valence-corrected chi connectivity index (χ4v) is 2.05. The fourth-order valence-electron chi connectivity index (χ4n) is 2.05. The van der Waals surface area contributed by atoms with Crippen molar-refractivity contribution in [3.05, 3.63) is 23.8 Å². The second kappa shape index (κ2) is 5.82. The molecule has 1 aromatic rings. The Balaban J connectivity index is 2.25. The summed E-state index contributed by atoms with van der Waals surface area (Å²) in [6.45, 7) is 1.99. The highest BCUT2D eigenvalue weighted by Gasteiger charge is 2.20. The number of carboxylic acids is 1. The van der Waals surface area contributed by atoms with Crippen molar-refractivity contribution in [2.45, 2.75) is 19.4 Å². The van der Waals surface area contributed by atoms with Gasteiger partial charge in [0.1, 0.15) is 6.04 Å². The molecule has 2 rings (SSSR count). The van der Waals surface area contributed by atoms with Gasteiger partial charge in [-0.2, -0.15) is 0 Å². The quantitative estimate of drug-likeness (QED) is 0.760. The molecule has 1 aliphatic rings. The monoisotopic (exact) mass is 291 g/mol. The largest absolute Gasteiger partial charge is 0.480 e. The van der Waals surface area contributed by atoms with Gasteiger partial charge in [-0.3, -0.25) is 14.4 Å². The van der Waals surface area contributed by atoms with Crippen molar-refractivity contribution in [3.63, 3.8) is 0 Å². The number of hydrogen-bond donors (Lipinski definition) is 3. The van der Waals surface area contributed by atoms with Crippen LogP contribution in [0, 0.1) is 0 Å². The Morgan fingerprint density at radius 2 is 2.14 bits per heavy atom. The lowest BCUT2D eigenvalue weighted by molar-refractivity contribution is -0.138. The number of carbonyl (C=O) groups is 3. The third-order valence-electron chi connectivity index (χ3n) is 3.34. The maximum atomic E-state index is 12.0. The number of carbonyl (C=O) groups excluding carboxylic acids is 2. The molecule has 3 N–H and O–H groups in total. The van der Waals surface area contributed by atoms with E-state index in [0.29, 0.717) is 24.2 Å². The number of fused-ring (bicyclic) bond motifs is 1. The third kappa shape index (κ3) is 3.31. The molecule has 21 heavy (non-hydrogen) atoms. The van der Waals surface area contributed by atoms with E-state index in [1.807, 2.05) is 11.9 Å². The minimum atomic E-state index is -1.11. The van der Waals surface area contributed by atoms with E-state index < -0.39 is 17.9 Å². The van der Waals surface area contributed by atoms with Crippen molar-refractivity contribution in [3.8, 4) is 0 Å². The molecule has 1 heterocycles. The molecule has 0 radical (unpaired) electrons. The van der Waals surface area contributed by atoms with Gasteiger partial charge in [-0.15, -0.1) is 0 Å². The minimum absolute atomic E-state index is 0.114. The maximum Gasteiger partial charge on any atom is 0.325 e. The Kier molecular flexibility index (Phi) is 4.11. The molecule has 0 saturated heterocycles.